The normalized spacial score (nSPS) is 11.6. The van der Waals surface area contributed by atoms with Gasteiger partial charge in [0.05, 0.1) is 0 Å². The number of anilines is 1. The zero-order valence-electron chi connectivity index (χ0n) is 11.2. The van der Waals surface area contributed by atoms with Crippen LogP contribution >= 0.6 is 0 Å². The molecule has 0 aliphatic carbocycles. The van der Waals surface area contributed by atoms with Gasteiger partial charge in [-0.2, -0.15) is 0 Å². The molecule has 0 aliphatic rings. The van der Waals surface area contributed by atoms with E-state index in [0.29, 0.717) is 0 Å². The van der Waals surface area contributed by atoms with Gasteiger partial charge in [0.1, 0.15) is 0 Å². The Kier molecular flexibility index (Phi) is 3.52. The highest BCUT2D eigenvalue weighted by Gasteiger charge is 2.10. The number of nitrogens with two attached hydrogens (primary N) is 1. The Bertz CT molecular complexity index is 594. The van der Waals surface area contributed by atoms with Crippen LogP contribution in [-0.2, 0) is 0 Å². The van der Waals surface area contributed by atoms with Crippen molar-refractivity contribution in [1.82, 2.24) is 0 Å². The molecule has 2 aromatic rings. The van der Waals surface area contributed by atoms with Gasteiger partial charge in [-0.25, -0.2) is 0 Å². The minimum absolute atomic E-state index is 0.848. The van der Waals surface area contributed by atoms with Gasteiger partial charge < -0.3 is 5.73 Å². The van der Waals surface area contributed by atoms with Crippen molar-refractivity contribution in [2.75, 3.05) is 5.73 Å². The van der Waals surface area contributed by atoms with Crippen molar-refractivity contribution in [3.63, 3.8) is 0 Å². The lowest BCUT2D eigenvalue weighted by Crippen LogP contribution is -1.97. The number of benzene rings is 2. The second kappa shape index (κ2) is 5.09. The van der Waals surface area contributed by atoms with Gasteiger partial charge in [-0.3, -0.25) is 0 Å². The fraction of sp³-hybridized carbons (Fsp3) is 0.176. The molecule has 2 rings (SSSR count). The zero-order chi connectivity index (χ0) is 13.1. The molecular formula is C17H19N. The van der Waals surface area contributed by atoms with E-state index < -0.39 is 0 Å². The Morgan fingerprint density at radius 3 is 2.28 bits per heavy atom. The molecule has 0 saturated carbocycles. The summed E-state index contributed by atoms with van der Waals surface area (Å²) in [4.78, 5) is 0. The van der Waals surface area contributed by atoms with E-state index in [4.69, 9.17) is 5.73 Å². The Labute approximate surface area is 109 Å². The van der Waals surface area contributed by atoms with Crippen LogP contribution in [0.25, 0.3) is 5.57 Å². The van der Waals surface area contributed by atoms with E-state index in [9.17, 15) is 0 Å². The Morgan fingerprint density at radius 1 is 0.944 bits per heavy atom. The maximum Gasteiger partial charge on any atom is 0.0349 e. The zero-order valence-corrected chi connectivity index (χ0v) is 11.2. The third-order valence-corrected chi connectivity index (χ3v) is 3.39. The second-order valence-corrected chi connectivity index (χ2v) is 4.54. The van der Waals surface area contributed by atoms with Crippen LogP contribution in [0, 0.1) is 13.8 Å². The third-order valence-electron chi connectivity index (χ3n) is 3.39. The molecule has 18 heavy (non-hydrogen) atoms. The molecule has 0 aromatic heterocycles. The predicted octanol–water partition coefficient (Wildman–Crippen LogP) is 4.34. The first kappa shape index (κ1) is 12.4. The van der Waals surface area contributed by atoms with Crippen molar-refractivity contribution >= 4 is 11.3 Å². The molecule has 2 aromatic carbocycles. The van der Waals surface area contributed by atoms with Crippen LogP contribution in [0.3, 0.4) is 0 Å². The quantitative estimate of drug-likeness (QED) is 0.773. The summed E-state index contributed by atoms with van der Waals surface area (Å²) < 4.78 is 0. The van der Waals surface area contributed by atoms with Gasteiger partial charge in [-0.05, 0) is 54.7 Å². The molecule has 0 aliphatic heterocycles. The largest absolute Gasteiger partial charge is 0.398 e. The monoisotopic (exact) mass is 237 g/mol. The lowest BCUT2D eigenvalue weighted by Gasteiger charge is -2.14. The van der Waals surface area contributed by atoms with Crippen LogP contribution in [0.4, 0.5) is 5.69 Å². The van der Waals surface area contributed by atoms with Crippen molar-refractivity contribution in [3.8, 4) is 0 Å². The third kappa shape index (κ3) is 2.17. The highest BCUT2D eigenvalue weighted by atomic mass is 14.6. The van der Waals surface area contributed by atoms with E-state index >= 15 is 0 Å². The van der Waals surface area contributed by atoms with Crippen LogP contribution in [0.5, 0.6) is 0 Å². The van der Waals surface area contributed by atoms with Crippen LogP contribution in [0.2, 0.25) is 0 Å². The van der Waals surface area contributed by atoms with E-state index in [0.717, 1.165) is 11.3 Å². The van der Waals surface area contributed by atoms with Crippen molar-refractivity contribution in [2.24, 2.45) is 0 Å². The SMILES string of the molecule is C/C=C(\c1ccccc1C)c1cccc(N)c1C. The highest BCUT2D eigenvalue weighted by molar-refractivity contribution is 5.84. The van der Waals surface area contributed by atoms with Crippen LogP contribution in [0.15, 0.2) is 48.5 Å². The molecular weight excluding hydrogens is 218 g/mol. The summed E-state index contributed by atoms with van der Waals surface area (Å²) in [5, 5.41) is 0. The summed E-state index contributed by atoms with van der Waals surface area (Å²) >= 11 is 0. The molecule has 92 valence electrons. The lowest BCUT2D eigenvalue weighted by atomic mass is 9.91. The molecule has 0 saturated heterocycles. The van der Waals surface area contributed by atoms with Gasteiger partial charge in [-0.15, -0.1) is 0 Å². The Morgan fingerprint density at radius 2 is 1.61 bits per heavy atom. The van der Waals surface area contributed by atoms with Gasteiger partial charge in [0.25, 0.3) is 0 Å². The lowest BCUT2D eigenvalue weighted by molar-refractivity contribution is 1.37. The fourth-order valence-corrected chi connectivity index (χ4v) is 2.28. The van der Waals surface area contributed by atoms with Crippen molar-refractivity contribution in [1.29, 1.82) is 0 Å². The van der Waals surface area contributed by atoms with E-state index in [1.807, 2.05) is 12.1 Å². The summed E-state index contributed by atoms with van der Waals surface area (Å²) in [5.41, 5.74) is 13.0. The van der Waals surface area contributed by atoms with E-state index in [2.05, 4.69) is 57.2 Å². The fourth-order valence-electron chi connectivity index (χ4n) is 2.28. The van der Waals surface area contributed by atoms with Gasteiger partial charge in [0.2, 0.25) is 0 Å². The molecule has 1 nitrogen and oxygen atoms in total. The van der Waals surface area contributed by atoms with Crippen molar-refractivity contribution in [3.05, 3.63) is 70.8 Å². The standard InChI is InChI=1S/C17H19N/c1-4-14(15-9-6-5-8-12(15)2)16-10-7-11-17(18)13(16)3/h4-11H,18H2,1-3H3/b14-4+. The number of aryl methyl sites for hydroxylation is 1. The van der Waals surface area contributed by atoms with Gasteiger partial charge in [0, 0.05) is 5.69 Å². The number of rotatable bonds is 2. The minimum atomic E-state index is 0.848. The molecule has 0 spiro atoms. The molecule has 0 bridgehead atoms. The molecule has 0 fully saturated rings. The van der Waals surface area contributed by atoms with E-state index in [-0.39, 0.29) is 0 Å². The first-order chi connectivity index (χ1) is 8.65. The first-order valence-corrected chi connectivity index (χ1v) is 6.23. The highest BCUT2D eigenvalue weighted by Crippen LogP contribution is 2.30. The molecule has 2 N–H and O–H groups in total. The van der Waals surface area contributed by atoms with Gasteiger partial charge in [-0.1, -0.05) is 42.5 Å². The van der Waals surface area contributed by atoms with Gasteiger partial charge in [0.15, 0.2) is 0 Å². The van der Waals surface area contributed by atoms with Crippen LogP contribution in [0.1, 0.15) is 29.2 Å². The summed E-state index contributed by atoms with van der Waals surface area (Å²) in [7, 11) is 0. The topological polar surface area (TPSA) is 26.0 Å². The van der Waals surface area contributed by atoms with Crippen molar-refractivity contribution in [2.45, 2.75) is 20.8 Å². The average molecular weight is 237 g/mol. The van der Waals surface area contributed by atoms with Crippen LogP contribution in [-0.4, -0.2) is 0 Å². The molecule has 0 unspecified atom stereocenters. The first-order valence-electron chi connectivity index (χ1n) is 6.23. The number of hydrogen-bond acceptors (Lipinski definition) is 1. The van der Waals surface area contributed by atoms with Gasteiger partial charge >= 0.3 is 0 Å². The maximum atomic E-state index is 6.00. The summed E-state index contributed by atoms with van der Waals surface area (Å²) in [5.74, 6) is 0. The molecule has 0 radical (unpaired) electrons. The van der Waals surface area contributed by atoms with Crippen molar-refractivity contribution < 1.29 is 0 Å². The second-order valence-electron chi connectivity index (χ2n) is 4.54. The number of hydrogen-bond donors (Lipinski definition) is 1. The number of allylic oxidation sites excluding steroid dienone is 1. The Hall–Kier alpha value is -2.02. The van der Waals surface area contributed by atoms with E-state index in [1.54, 1.807) is 0 Å². The number of nitrogen functional groups attached to an aromatic ring is 1. The maximum absolute atomic E-state index is 6.00. The smallest absolute Gasteiger partial charge is 0.0349 e. The molecule has 0 amide bonds. The Balaban J connectivity index is 2.61. The summed E-state index contributed by atoms with van der Waals surface area (Å²) in [6.07, 6.45) is 2.16. The molecule has 0 heterocycles. The molecule has 1 heteroatoms. The summed E-state index contributed by atoms with van der Waals surface area (Å²) in [6, 6.07) is 14.5. The summed E-state index contributed by atoms with van der Waals surface area (Å²) in [6.45, 7) is 6.29. The molecule has 0 atom stereocenters. The minimum Gasteiger partial charge on any atom is -0.398 e. The van der Waals surface area contributed by atoms with Crippen LogP contribution < -0.4 is 5.73 Å². The predicted molar refractivity (Wildman–Crippen MR) is 79.5 cm³/mol. The van der Waals surface area contributed by atoms with E-state index in [1.165, 1.54) is 22.3 Å². The average Bonchev–Trinajstić information content (AvgIpc) is 2.37.